The third-order valence-corrected chi connectivity index (χ3v) is 3.95. The highest BCUT2D eigenvalue weighted by Gasteiger charge is 2.30. The molecule has 2 heterocycles. The van der Waals surface area contributed by atoms with Crippen molar-refractivity contribution < 1.29 is 9.59 Å². The van der Waals surface area contributed by atoms with Crippen LogP contribution in [0.2, 0.25) is 0 Å². The van der Waals surface area contributed by atoms with E-state index in [9.17, 15) is 9.59 Å². The lowest BCUT2D eigenvalue weighted by Crippen LogP contribution is -2.48. The van der Waals surface area contributed by atoms with E-state index in [4.69, 9.17) is 0 Å². The van der Waals surface area contributed by atoms with Gasteiger partial charge in [-0.25, -0.2) is 0 Å². The van der Waals surface area contributed by atoms with Gasteiger partial charge in [-0.2, -0.15) is 0 Å². The number of carbonyl (C=O) groups is 2. The maximum Gasteiger partial charge on any atom is 0.229 e. The van der Waals surface area contributed by atoms with Gasteiger partial charge in [-0.3, -0.25) is 19.4 Å². The molecule has 0 aliphatic carbocycles. The number of imide groups is 1. The van der Waals surface area contributed by atoms with Gasteiger partial charge in [0.15, 0.2) is 0 Å². The van der Waals surface area contributed by atoms with E-state index in [1.165, 1.54) is 24.2 Å². The number of piperidine rings is 1. The number of hydrogen-bond donors (Lipinski definition) is 1. The normalized spacial score (nSPS) is 26.1. The van der Waals surface area contributed by atoms with Crippen molar-refractivity contribution in [2.24, 2.45) is 0 Å². The monoisotopic (exact) mass is 253 g/mol. The van der Waals surface area contributed by atoms with Crippen molar-refractivity contribution in [2.75, 3.05) is 33.2 Å². The minimum Gasteiger partial charge on any atom is -0.318 e. The summed E-state index contributed by atoms with van der Waals surface area (Å²) in [5.74, 6) is 0.00403. The zero-order valence-electron chi connectivity index (χ0n) is 11.2. The fourth-order valence-corrected chi connectivity index (χ4v) is 2.92. The Kier molecular flexibility index (Phi) is 4.72. The molecule has 0 spiro atoms. The second-order valence-electron chi connectivity index (χ2n) is 5.18. The van der Waals surface area contributed by atoms with Crippen molar-refractivity contribution in [1.82, 2.24) is 15.1 Å². The number of nitrogens with one attached hydrogen (secondary N) is 1. The Balaban J connectivity index is 1.83. The fraction of sp³-hybridized carbons (Fsp3) is 0.846. The molecular weight excluding hydrogens is 230 g/mol. The zero-order chi connectivity index (χ0) is 13.0. The maximum atomic E-state index is 11.5. The molecule has 2 saturated heterocycles. The van der Waals surface area contributed by atoms with Gasteiger partial charge in [-0.05, 0) is 26.4 Å². The van der Waals surface area contributed by atoms with E-state index in [0.29, 0.717) is 25.4 Å². The van der Waals surface area contributed by atoms with Gasteiger partial charge in [0, 0.05) is 38.5 Å². The van der Waals surface area contributed by atoms with Crippen LogP contribution in [0.5, 0.6) is 0 Å². The van der Waals surface area contributed by atoms with Gasteiger partial charge in [0.05, 0.1) is 0 Å². The SMILES string of the molecule is CNCC1CCCCN1CCN1C(=O)CCC1=O. The minimum absolute atomic E-state index is 0.00201. The number of likely N-dealkylation sites (N-methyl/N-ethyl adjacent to an activating group) is 1. The van der Waals surface area contributed by atoms with Crippen LogP contribution < -0.4 is 5.32 Å². The number of carbonyl (C=O) groups excluding carboxylic acids is 2. The lowest BCUT2D eigenvalue weighted by molar-refractivity contribution is -0.138. The summed E-state index contributed by atoms with van der Waals surface area (Å²) in [6, 6.07) is 0.552. The van der Waals surface area contributed by atoms with Crippen molar-refractivity contribution in [1.29, 1.82) is 0 Å². The van der Waals surface area contributed by atoms with Crippen LogP contribution in [0.25, 0.3) is 0 Å². The Labute approximate surface area is 108 Å². The Bertz CT molecular complexity index is 301. The molecular formula is C13H23N3O2. The van der Waals surface area contributed by atoms with Crippen LogP contribution in [0.1, 0.15) is 32.1 Å². The average molecular weight is 253 g/mol. The quantitative estimate of drug-likeness (QED) is 0.712. The molecule has 0 aromatic heterocycles. The summed E-state index contributed by atoms with van der Waals surface area (Å²) >= 11 is 0. The molecule has 0 aromatic rings. The second-order valence-corrected chi connectivity index (χ2v) is 5.18. The van der Waals surface area contributed by atoms with Gasteiger partial charge in [0.1, 0.15) is 0 Å². The highest BCUT2D eigenvalue weighted by molar-refractivity contribution is 6.01. The minimum atomic E-state index is 0.00201. The first kappa shape index (κ1) is 13.5. The molecule has 1 unspecified atom stereocenters. The van der Waals surface area contributed by atoms with Crippen LogP contribution in [-0.4, -0.2) is 60.9 Å². The molecule has 2 aliphatic rings. The summed E-state index contributed by atoms with van der Waals surface area (Å²) in [6.07, 6.45) is 4.52. The first-order valence-corrected chi connectivity index (χ1v) is 6.94. The molecule has 2 fully saturated rings. The van der Waals surface area contributed by atoms with Crippen molar-refractivity contribution >= 4 is 11.8 Å². The van der Waals surface area contributed by atoms with Crippen molar-refractivity contribution in [3.8, 4) is 0 Å². The summed E-state index contributed by atoms with van der Waals surface area (Å²) in [6.45, 7) is 3.46. The predicted molar refractivity (Wildman–Crippen MR) is 69.1 cm³/mol. The predicted octanol–water partition coefficient (Wildman–Crippen LogP) is 0.209. The number of nitrogens with zero attached hydrogens (tertiary/aromatic N) is 2. The topological polar surface area (TPSA) is 52.6 Å². The Morgan fingerprint density at radius 1 is 1.17 bits per heavy atom. The molecule has 0 radical (unpaired) electrons. The van der Waals surface area contributed by atoms with Crippen LogP contribution in [0.15, 0.2) is 0 Å². The molecule has 102 valence electrons. The van der Waals surface area contributed by atoms with Crippen LogP contribution >= 0.6 is 0 Å². The third-order valence-electron chi connectivity index (χ3n) is 3.95. The molecule has 0 bridgehead atoms. The third kappa shape index (κ3) is 3.09. The molecule has 0 aromatic carbocycles. The van der Waals surface area contributed by atoms with E-state index >= 15 is 0 Å². The standard InChI is InChI=1S/C13H23N3O2/c1-14-10-11-4-2-3-7-15(11)8-9-16-12(17)5-6-13(16)18/h11,14H,2-10H2,1H3. The van der Waals surface area contributed by atoms with Crippen molar-refractivity contribution in [3.63, 3.8) is 0 Å². The van der Waals surface area contributed by atoms with Crippen LogP contribution in [0.3, 0.4) is 0 Å². The Morgan fingerprint density at radius 3 is 2.56 bits per heavy atom. The molecule has 2 aliphatic heterocycles. The first-order chi connectivity index (χ1) is 8.72. The average Bonchev–Trinajstić information content (AvgIpc) is 2.69. The highest BCUT2D eigenvalue weighted by Crippen LogP contribution is 2.17. The number of hydrogen-bond acceptors (Lipinski definition) is 4. The van der Waals surface area contributed by atoms with Crippen molar-refractivity contribution in [2.45, 2.75) is 38.1 Å². The first-order valence-electron chi connectivity index (χ1n) is 6.94. The zero-order valence-corrected chi connectivity index (χ0v) is 11.2. The number of rotatable bonds is 5. The van der Waals surface area contributed by atoms with Crippen LogP contribution in [-0.2, 0) is 9.59 Å². The lowest BCUT2D eigenvalue weighted by atomic mass is 10.0. The van der Waals surface area contributed by atoms with Gasteiger partial charge in [-0.15, -0.1) is 0 Å². The van der Waals surface area contributed by atoms with Gasteiger partial charge in [-0.1, -0.05) is 6.42 Å². The summed E-state index contributed by atoms with van der Waals surface area (Å²) in [7, 11) is 1.97. The maximum absolute atomic E-state index is 11.5. The molecule has 18 heavy (non-hydrogen) atoms. The van der Waals surface area contributed by atoms with Crippen LogP contribution in [0, 0.1) is 0 Å². The molecule has 0 saturated carbocycles. The molecule has 2 rings (SSSR count). The molecule has 2 amide bonds. The van der Waals surface area contributed by atoms with E-state index in [1.807, 2.05) is 7.05 Å². The highest BCUT2D eigenvalue weighted by atomic mass is 16.2. The van der Waals surface area contributed by atoms with Gasteiger partial charge in [0.25, 0.3) is 0 Å². The smallest absolute Gasteiger partial charge is 0.229 e. The number of likely N-dealkylation sites (tertiary alicyclic amines) is 2. The van der Waals surface area contributed by atoms with E-state index in [2.05, 4.69) is 10.2 Å². The van der Waals surface area contributed by atoms with Gasteiger partial charge >= 0.3 is 0 Å². The number of amides is 2. The van der Waals surface area contributed by atoms with E-state index in [1.54, 1.807) is 0 Å². The molecule has 5 nitrogen and oxygen atoms in total. The molecule has 5 heteroatoms. The van der Waals surface area contributed by atoms with Gasteiger partial charge in [0.2, 0.25) is 11.8 Å². The molecule has 1 atom stereocenters. The summed E-state index contributed by atoms with van der Waals surface area (Å²) in [5.41, 5.74) is 0. The van der Waals surface area contributed by atoms with E-state index in [-0.39, 0.29) is 11.8 Å². The largest absolute Gasteiger partial charge is 0.318 e. The summed E-state index contributed by atoms with van der Waals surface area (Å²) in [4.78, 5) is 26.9. The summed E-state index contributed by atoms with van der Waals surface area (Å²) < 4.78 is 0. The summed E-state index contributed by atoms with van der Waals surface area (Å²) in [5, 5.41) is 3.22. The fourth-order valence-electron chi connectivity index (χ4n) is 2.92. The van der Waals surface area contributed by atoms with E-state index in [0.717, 1.165) is 19.6 Å². The van der Waals surface area contributed by atoms with E-state index < -0.39 is 0 Å². The van der Waals surface area contributed by atoms with Gasteiger partial charge < -0.3 is 5.32 Å². The second kappa shape index (κ2) is 6.29. The van der Waals surface area contributed by atoms with Crippen molar-refractivity contribution in [3.05, 3.63) is 0 Å². The van der Waals surface area contributed by atoms with Crippen LogP contribution in [0.4, 0.5) is 0 Å². The Morgan fingerprint density at radius 2 is 1.89 bits per heavy atom. The molecule has 1 N–H and O–H groups in total. The lowest BCUT2D eigenvalue weighted by Gasteiger charge is -2.36. The Hall–Kier alpha value is -0.940.